The van der Waals surface area contributed by atoms with Crippen molar-refractivity contribution in [1.82, 2.24) is 0 Å². The molecule has 0 fully saturated rings. The van der Waals surface area contributed by atoms with Crippen molar-refractivity contribution in [3.63, 3.8) is 0 Å². The lowest BCUT2D eigenvalue weighted by molar-refractivity contribution is 0.104. The van der Waals surface area contributed by atoms with E-state index in [-0.39, 0.29) is 5.78 Å². The van der Waals surface area contributed by atoms with Crippen LogP contribution in [0, 0.1) is 0 Å². The normalized spacial score (nSPS) is 10.7. The van der Waals surface area contributed by atoms with Gasteiger partial charge in [-0.1, -0.05) is 23.2 Å². The Hall–Kier alpha value is -2.17. The fourth-order valence-corrected chi connectivity index (χ4v) is 2.64. The van der Waals surface area contributed by atoms with Crippen molar-refractivity contribution < 1.29 is 19.0 Å². The summed E-state index contributed by atoms with van der Waals surface area (Å²) < 4.78 is 15.9. The van der Waals surface area contributed by atoms with Crippen molar-refractivity contribution in [2.75, 3.05) is 21.3 Å². The minimum Gasteiger partial charge on any atom is -0.496 e. The van der Waals surface area contributed by atoms with Crippen molar-refractivity contribution in [2.45, 2.75) is 0 Å². The number of hydrogen-bond acceptors (Lipinski definition) is 4. The van der Waals surface area contributed by atoms with E-state index in [2.05, 4.69) is 0 Å². The summed E-state index contributed by atoms with van der Waals surface area (Å²) in [5, 5.41) is 0.768. The van der Waals surface area contributed by atoms with Crippen LogP contribution < -0.4 is 14.2 Å². The van der Waals surface area contributed by atoms with Gasteiger partial charge in [-0.2, -0.15) is 0 Å². The van der Waals surface area contributed by atoms with E-state index in [0.717, 1.165) is 0 Å². The fraction of sp³-hybridized carbons (Fsp3) is 0.167. The first-order chi connectivity index (χ1) is 11.5. The highest BCUT2D eigenvalue weighted by molar-refractivity contribution is 6.37. The Kier molecular flexibility index (Phi) is 6.12. The summed E-state index contributed by atoms with van der Waals surface area (Å²) in [6.07, 6.45) is 3.02. The largest absolute Gasteiger partial charge is 0.496 e. The quantitative estimate of drug-likeness (QED) is 0.537. The summed E-state index contributed by atoms with van der Waals surface area (Å²) in [7, 11) is 4.61. The maximum absolute atomic E-state index is 12.4. The smallest absolute Gasteiger partial charge is 0.187 e. The summed E-state index contributed by atoms with van der Waals surface area (Å²) in [4.78, 5) is 12.4. The molecule has 0 saturated carbocycles. The van der Waals surface area contributed by atoms with Gasteiger partial charge in [-0.3, -0.25) is 4.79 Å². The van der Waals surface area contributed by atoms with Crippen LogP contribution in [0.15, 0.2) is 36.4 Å². The molecule has 0 spiro atoms. The maximum Gasteiger partial charge on any atom is 0.187 e. The van der Waals surface area contributed by atoms with Gasteiger partial charge in [0.2, 0.25) is 0 Å². The molecule has 0 heterocycles. The number of carbonyl (C=O) groups excluding carboxylic acids is 1. The monoisotopic (exact) mass is 366 g/mol. The Bertz CT molecular complexity index is 760. The minimum absolute atomic E-state index is 0.253. The summed E-state index contributed by atoms with van der Waals surface area (Å²) in [6, 6.07) is 8.14. The number of carbonyl (C=O) groups is 1. The molecule has 24 heavy (non-hydrogen) atoms. The van der Waals surface area contributed by atoms with Crippen LogP contribution in [0.2, 0.25) is 10.0 Å². The third kappa shape index (κ3) is 4.02. The van der Waals surface area contributed by atoms with E-state index in [0.29, 0.717) is 38.4 Å². The van der Waals surface area contributed by atoms with E-state index in [9.17, 15) is 4.79 Å². The minimum atomic E-state index is -0.253. The summed E-state index contributed by atoms with van der Waals surface area (Å²) in [5.74, 6) is 1.39. The van der Waals surface area contributed by atoms with Crippen molar-refractivity contribution >= 4 is 35.1 Å². The molecule has 0 aliphatic heterocycles. The van der Waals surface area contributed by atoms with Gasteiger partial charge in [0.15, 0.2) is 5.78 Å². The van der Waals surface area contributed by atoms with Gasteiger partial charge < -0.3 is 14.2 Å². The molecule has 0 N–H and O–H groups in total. The summed E-state index contributed by atoms with van der Waals surface area (Å²) in [5.41, 5.74) is 0.989. The molecule has 0 bridgehead atoms. The lowest BCUT2D eigenvalue weighted by atomic mass is 10.1. The number of methoxy groups -OCH3 is 3. The number of ether oxygens (including phenoxy) is 3. The molecule has 2 rings (SSSR count). The molecule has 0 radical (unpaired) electrons. The van der Waals surface area contributed by atoms with Crippen LogP contribution in [-0.2, 0) is 0 Å². The van der Waals surface area contributed by atoms with Crippen LogP contribution in [0.1, 0.15) is 15.9 Å². The van der Waals surface area contributed by atoms with Gasteiger partial charge in [0.25, 0.3) is 0 Å². The predicted molar refractivity (Wildman–Crippen MR) is 95.9 cm³/mol. The van der Waals surface area contributed by atoms with E-state index >= 15 is 0 Å². The van der Waals surface area contributed by atoms with Crippen LogP contribution in [0.4, 0.5) is 0 Å². The van der Waals surface area contributed by atoms with Crippen LogP contribution in [0.5, 0.6) is 17.2 Å². The lowest BCUT2D eigenvalue weighted by Crippen LogP contribution is -1.97. The second-order valence-corrected chi connectivity index (χ2v) is 5.61. The standard InChI is InChI=1S/C18H16Cl2O4/c1-22-12-9-17(23-2)14(18(10-12)24-3)6-7-16(21)13-5-4-11(19)8-15(13)20/h4-10H,1-3H3/b7-6+. The second kappa shape index (κ2) is 8.08. The molecule has 0 saturated heterocycles. The zero-order chi connectivity index (χ0) is 17.7. The summed E-state index contributed by atoms with van der Waals surface area (Å²) in [6.45, 7) is 0. The van der Waals surface area contributed by atoms with E-state index in [1.807, 2.05) is 0 Å². The zero-order valence-corrected chi connectivity index (χ0v) is 14.9. The highest BCUT2D eigenvalue weighted by Crippen LogP contribution is 2.35. The molecule has 0 aromatic heterocycles. The highest BCUT2D eigenvalue weighted by Gasteiger charge is 2.12. The number of allylic oxidation sites excluding steroid dienone is 1. The molecule has 0 atom stereocenters. The molecule has 6 heteroatoms. The van der Waals surface area contributed by atoms with Gasteiger partial charge in [-0.15, -0.1) is 0 Å². The van der Waals surface area contributed by atoms with E-state index < -0.39 is 0 Å². The Labute approximate surface area is 150 Å². The SMILES string of the molecule is COc1cc(OC)c(/C=C/C(=O)c2ccc(Cl)cc2Cl)c(OC)c1. The molecular weight excluding hydrogens is 351 g/mol. The van der Waals surface area contributed by atoms with Crippen molar-refractivity contribution in [3.05, 3.63) is 57.6 Å². The van der Waals surface area contributed by atoms with E-state index in [1.165, 1.54) is 26.4 Å². The molecule has 2 aromatic rings. The van der Waals surface area contributed by atoms with Crippen LogP contribution in [-0.4, -0.2) is 27.1 Å². The molecule has 0 amide bonds. The van der Waals surface area contributed by atoms with Crippen molar-refractivity contribution in [2.24, 2.45) is 0 Å². The Morgan fingerprint density at radius 1 is 0.958 bits per heavy atom. The lowest BCUT2D eigenvalue weighted by Gasteiger charge is -2.12. The van der Waals surface area contributed by atoms with Crippen molar-refractivity contribution in [3.8, 4) is 17.2 Å². The first kappa shape index (κ1) is 18.2. The average molecular weight is 367 g/mol. The van der Waals surface area contributed by atoms with Crippen LogP contribution in [0.25, 0.3) is 6.08 Å². The number of hydrogen-bond donors (Lipinski definition) is 0. The first-order valence-corrected chi connectivity index (χ1v) is 7.73. The van der Waals surface area contributed by atoms with Gasteiger partial charge in [-0.05, 0) is 30.4 Å². The predicted octanol–water partition coefficient (Wildman–Crippen LogP) is 4.92. The van der Waals surface area contributed by atoms with Gasteiger partial charge in [0.05, 0.1) is 31.9 Å². The van der Waals surface area contributed by atoms with Gasteiger partial charge >= 0.3 is 0 Å². The van der Waals surface area contributed by atoms with Crippen LogP contribution >= 0.6 is 23.2 Å². The molecule has 0 aliphatic rings. The number of benzene rings is 2. The molecule has 4 nitrogen and oxygen atoms in total. The van der Waals surface area contributed by atoms with Crippen LogP contribution in [0.3, 0.4) is 0 Å². The van der Waals surface area contributed by atoms with Gasteiger partial charge in [-0.25, -0.2) is 0 Å². The molecular formula is C18H16Cl2O4. The third-order valence-electron chi connectivity index (χ3n) is 3.35. The zero-order valence-electron chi connectivity index (χ0n) is 13.4. The Morgan fingerprint density at radius 3 is 2.08 bits per heavy atom. The number of halogens is 2. The maximum atomic E-state index is 12.4. The van der Waals surface area contributed by atoms with Gasteiger partial charge in [0.1, 0.15) is 17.2 Å². The summed E-state index contributed by atoms with van der Waals surface area (Å²) >= 11 is 11.9. The topological polar surface area (TPSA) is 44.8 Å². The fourth-order valence-electron chi connectivity index (χ4n) is 2.13. The second-order valence-electron chi connectivity index (χ2n) is 4.77. The third-order valence-corrected chi connectivity index (χ3v) is 3.90. The Morgan fingerprint density at radius 2 is 1.58 bits per heavy atom. The molecule has 0 unspecified atom stereocenters. The number of rotatable bonds is 6. The van der Waals surface area contributed by atoms with E-state index in [4.69, 9.17) is 37.4 Å². The first-order valence-electron chi connectivity index (χ1n) is 6.97. The average Bonchev–Trinajstić information content (AvgIpc) is 2.58. The Balaban J connectivity index is 2.39. The van der Waals surface area contributed by atoms with E-state index in [1.54, 1.807) is 37.5 Å². The molecule has 0 aliphatic carbocycles. The number of ketones is 1. The van der Waals surface area contributed by atoms with Gasteiger partial charge in [0, 0.05) is 22.7 Å². The molecule has 126 valence electrons. The van der Waals surface area contributed by atoms with Crippen molar-refractivity contribution in [1.29, 1.82) is 0 Å². The highest BCUT2D eigenvalue weighted by atomic mass is 35.5. The molecule has 2 aromatic carbocycles.